The molecular formula is C22H27FN2O2. The molecule has 3 rings (SSSR count). The lowest BCUT2D eigenvalue weighted by Crippen LogP contribution is -2.35. The molecule has 2 aromatic carbocycles. The molecular weight excluding hydrogens is 343 g/mol. The van der Waals surface area contributed by atoms with Gasteiger partial charge in [0.25, 0.3) is 11.8 Å². The molecule has 0 aliphatic heterocycles. The second-order valence-corrected chi connectivity index (χ2v) is 7.14. The van der Waals surface area contributed by atoms with E-state index in [9.17, 15) is 14.0 Å². The molecule has 5 heteroatoms. The lowest BCUT2D eigenvalue weighted by atomic mass is 9.96. The van der Waals surface area contributed by atoms with Crippen LogP contribution >= 0.6 is 0 Å². The standard InChI is InChI=1S/C22H25FN2O2.H2/c1-14-19(12-17(13-20(14)23)21(26)24-2)15-8-10-16(11-9-15)22(27)25(3)18-6-4-5-7-18;/h8-13,18H,4-7H2,1-3H3,(H,24,26);1H. The minimum Gasteiger partial charge on any atom is -0.355 e. The van der Waals surface area contributed by atoms with Crippen molar-refractivity contribution in [2.75, 3.05) is 14.1 Å². The van der Waals surface area contributed by atoms with Crippen LogP contribution in [0.3, 0.4) is 0 Å². The average molecular weight is 370 g/mol. The first-order valence-electron chi connectivity index (χ1n) is 9.32. The minimum absolute atomic E-state index is 0. The van der Waals surface area contributed by atoms with E-state index < -0.39 is 5.82 Å². The van der Waals surface area contributed by atoms with Crippen molar-refractivity contribution in [3.63, 3.8) is 0 Å². The van der Waals surface area contributed by atoms with Crippen molar-refractivity contribution in [1.82, 2.24) is 10.2 Å². The zero-order chi connectivity index (χ0) is 19.6. The number of rotatable bonds is 4. The van der Waals surface area contributed by atoms with E-state index in [1.807, 2.05) is 24.1 Å². The van der Waals surface area contributed by atoms with Crippen LogP contribution in [0.4, 0.5) is 4.39 Å². The van der Waals surface area contributed by atoms with Crippen molar-refractivity contribution in [2.45, 2.75) is 38.6 Å². The van der Waals surface area contributed by atoms with E-state index in [2.05, 4.69) is 5.32 Å². The van der Waals surface area contributed by atoms with Gasteiger partial charge in [0.15, 0.2) is 0 Å². The van der Waals surface area contributed by atoms with E-state index in [1.54, 1.807) is 25.1 Å². The number of carbonyl (C=O) groups excluding carboxylic acids is 2. The number of nitrogens with zero attached hydrogens (tertiary/aromatic N) is 1. The summed E-state index contributed by atoms with van der Waals surface area (Å²) < 4.78 is 14.3. The van der Waals surface area contributed by atoms with Gasteiger partial charge in [0.1, 0.15) is 5.82 Å². The molecule has 0 atom stereocenters. The lowest BCUT2D eigenvalue weighted by Gasteiger charge is -2.24. The van der Waals surface area contributed by atoms with E-state index >= 15 is 0 Å². The molecule has 1 N–H and O–H groups in total. The Bertz CT molecular complexity index is 862. The molecule has 0 radical (unpaired) electrons. The number of amides is 2. The average Bonchev–Trinajstić information content (AvgIpc) is 3.23. The van der Waals surface area contributed by atoms with E-state index in [0.717, 1.165) is 18.4 Å². The van der Waals surface area contributed by atoms with Gasteiger partial charge >= 0.3 is 0 Å². The number of halogens is 1. The van der Waals surface area contributed by atoms with E-state index in [-0.39, 0.29) is 18.8 Å². The third-order valence-corrected chi connectivity index (χ3v) is 5.47. The molecule has 1 aliphatic carbocycles. The monoisotopic (exact) mass is 370 g/mol. The van der Waals surface area contributed by atoms with Crippen molar-refractivity contribution in [1.29, 1.82) is 0 Å². The summed E-state index contributed by atoms with van der Waals surface area (Å²) in [6.45, 7) is 1.69. The zero-order valence-electron chi connectivity index (χ0n) is 16.0. The molecule has 1 saturated carbocycles. The fraction of sp³-hybridized carbons (Fsp3) is 0.364. The third kappa shape index (κ3) is 3.87. The highest BCUT2D eigenvalue weighted by Crippen LogP contribution is 2.28. The molecule has 27 heavy (non-hydrogen) atoms. The quantitative estimate of drug-likeness (QED) is 0.866. The molecule has 0 heterocycles. The smallest absolute Gasteiger partial charge is 0.253 e. The second-order valence-electron chi connectivity index (χ2n) is 7.14. The Morgan fingerprint density at radius 2 is 1.74 bits per heavy atom. The first-order chi connectivity index (χ1) is 12.9. The number of hydrogen-bond donors (Lipinski definition) is 1. The van der Waals surface area contributed by atoms with Gasteiger partial charge in [-0.3, -0.25) is 9.59 Å². The SMILES string of the molecule is CNC(=O)c1cc(F)c(C)c(-c2ccc(C(=O)N(C)C3CCCC3)cc2)c1.[HH]. The Balaban J connectivity index is 0.00000280. The molecule has 1 aliphatic rings. The predicted molar refractivity (Wildman–Crippen MR) is 106 cm³/mol. The zero-order valence-corrected chi connectivity index (χ0v) is 16.0. The van der Waals surface area contributed by atoms with Crippen molar-refractivity contribution in [2.24, 2.45) is 0 Å². The summed E-state index contributed by atoms with van der Waals surface area (Å²) in [5, 5.41) is 2.51. The van der Waals surface area contributed by atoms with Crippen molar-refractivity contribution < 1.29 is 15.4 Å². The Labute approximate surface area is 160 Å². The van der Waals surface area contributed by atoms with Gasteiger partial charge in [-0.15, -0.1) is 0 Å². The molecule has 4 nitrogen and oxygen atoms in total. The van der Waals surface area contributed by atoms with Crippen LogP contribution in [0.25, 0.3) is 11.1 Å². The molecule has 0 aromatic heterocycles. The fourth-order valence-corrected chi connectivity index (χ4v) is 3.71. The van der Waals surface area contributed by atoms with E-state index in [1.165, 1.54) is 26.0 Å². The molecule has 2 aromatic rings. The number of hydrogen-bond acceptors (Lipinski definition) is 2. The first kappa shape index (κ1) is 19.1. The van der Waals surface area contributed by atoms with Crippen LogP contribution in [-0.2, 0) is 0 Å². The second kappa shape index (κ2) is 7.91. The van der Waals surface area contributed by atoms with Gasteiger partial charge in [-0.2, -0.15) is 0 Å². The Morgan fingerprint density at radius 1 is 1.11 bits per heavy atom. The van der Waals surface area contributed by atoms with Crippen molar-refractivity contribution in [3.8, 4) is 11.1 Å². The summed E-state index contributed by atoms with van der Waals surface area (Å²) >= 11 is 0. The van der Waals surface area contributed by atoms with Gasteiger partial charge in [0.05, 0.1) is 0 Å². The Morgan fingerprint density at radius 3 is 2.33 bits per heavy atom. The van der Waals surface area contributed by atoms with Gasteiger partial charge < -0.3 is 10.2 Å². The van der Waals surface area contributed by atoms with E-state index in [0.29, 0.717) is 22.7 Å². The number of nitrogens with one attached hydrogen (secondary N) is 1. The molecule has 0 bridgehead atoms. The maximum absolute atomic E-state index is 14.3. The molecule has 1 fully saturated rings. The summed E-state index contributed by atoms with van der Waals surface area (Å²) in [6, 6.07) is 10.4. The number of benzene rings is 2. The van der Waals surface area contributed by atoms with Gasteiger partial charge in [-0.25, -0.2) is 4.39 Å². The van der Waals surface area contributed by atoms with Crippen molar-refractivity contribution >= 4 is 11.8 Å². The molecule has 2 amide bonds. The van der Waals surface area contributed by atoms with Crippen LogP contribution in [0, 0.1) is 12.7 Å². The fourth-order valence-electron chi connectivity index (χ4n) is 3.71. The first-order valence-corrected chi connectivity index (χ1v) is 9.32. The highest BCUT2D eigenvalue weighted by molar-refractivity contribution is 5.96. The van der Waals surface area contributed by atoms with E-state index in [4.69, 9.17) is 0 Å². The van der Waals surface area contributed by atoms with Crippen LogP contribution in [0.15, 0.2) is 36.4 Å². The topological polar surface area (TPSA) is 49.4 Å². The summed E-state index contributed by atoms with van der Waals surface area (Å²) in [7, 11) is 3.37. The predicted octanol–water partition coefficient (Wildman–Crippen LogP) is 4.42. The maximum atomic E-state index is 14.3. The maximum Gasteiger partial charge on any atom is 0.253 e. The summed E-state index contributed by atoms with van der Waals surface area (Å²) in [5.41, 5.74) is 2.80. The van der Waals surface area contributed by atoms with Gasteiger partial charge in [-0.05, 0) is 60.7 Å². The minimum atomic E-state index is -0.424. The van der Waals surface area contributed by atoms with Gasteiger partial charge in [0, 0.05) is 32.7 Å². The molecule has 0 unspecified atom stereocenters. The van der Waals surface area contributed by atoms with Gasteiger partial charge in [-0.1, -0.05) is 25.0 Å². The largest absolute Gasteiger partial charge is 0.355 e. The highest BCUT2D eigenvalue weighted by atomic mass is 19.1. The molecule has 0 saturated heterocycles. The Hall–Kier alpha value is -2.69. The summed E-state index contributed by atoms with van der Waals surface area (Å²) in [4.78, 5) is 26.4. The summed E-state index contributed by atoms with van der Waals surface area (Å²) in [6.07, 6.45) is 4.47. The third-order valence-electron chi connectivity index (χ3n) is 5.47. The van der Waals surface area contributed by atoms with Crippen LogP contribution in [0.5, 0.6) is 0 Å². The Kier molecular flexibility index (Phi) is 5.59. The number of carbonyl (C=O) groups is 2. The normalized spacial score (nSPS) is 14.2. The van der Waals surface area contributed by atoms with Crippen LogP contribution in [-0.4, -0.2) is 36.9 Å². The summed E-state index contributed by atoms with van der Waals surface area (Å²) in [5.74, 6) is -0.747. The van der Waals surface area contributed by atoms with Crippen LogP contribution in [0.2, 0.25) is 0 Å². The lowest BCUT2D eigenvalue weighted by molar-refractivity contribution is 0.0735. The molecule has 0 spiro atoms. The molecule has 144 valence electrons. The van der Waals surface area contributed by atoms with Crippen LogP contribution in [0.1, 0.15) is 53.4 Å². The highest BCUT2D eigenvalue weighted by Gasteiger charge is 2.24. The van der Waals surface area contributed by atoms with Gasteiger partial charge in [0.2, 0.25) is 0 Å². The van der Waals surface area contributed by atoms with Crippen molar-refractivity contribution in [3.05, 3.63) is 58.9 Å². The van der Waals surface area contributed by atoms with Crippen LogP contribution < -0.4 is 5.32 Å².